The molecule has 0 saturated carbocycles. The zero-order chi connectivity index (χ0) is 13.1. The molecule has 1 atom stereocenters. The highest BCUT2D eigenvalue weighted by atomic mass is 79.9. The van der Waals surface area contributed by atoms with Crippen LogP contribution in [0.4, 0.5) is 10.1 Å². The molecule has 18 heavy (non-hydrogen) atoms. The lowest BCUT2D eigenvalue weighted by molar-refractivity contribution is 0.617. The molecule has 0 aliphatic rings. The van der Waals surface area contributed by atoms with Crippen LogP contribution in [0.2, 0.25) is 0 Å². The molecule has 0 fully saturated rings. The fourth-order valence-corrected chi connectivity index (χ4v) is 2.39. The number of pyridine rings is 1. The average molecular weight is 309 g/mol. The molecule has 1 aromatic heterocycles. The fraction of sp³-hybridized carbons (Fsp3) is 0.214. The Morgan fingerprint density at radius 2 is 2.06 bits per heavy atom. The number of halogens is 2. The van der Waals surface area contributed by atoms with E-state index in [4.69, 9.17) is 0 Å². The van der Waals surface area contributed by atoms with E-state index in [0.29, 0.717) is 0 Å². The molecule has 0 spiro atoms. The lowest BCUT2D eigenvalue weighted by atomic mass is 10.1. The summed E-state index contributed by atoms with van der Waals surface area (Å²) in [4.78, 5) is 4.07. The minimum atomic E-state index is -0.316. The van der Waals surface area contributed by atoms with Crippen LogP contribution in [0.15, 0.2) is 41.0 Å². The van der Waals surface area contributed by atoms with E-state index in [-0.39, 0.29) is 11.9 Å². The highest BCUT2D eigenvalue weighted by Gasteiger charge is 2.07. The van der Waals surface area contributed by atoms with Gasteiger partial charge in [-0.3, -0.25) is 4.98 Å². The molecule has 0 aliphatic heterocycles. The fourth-order valence-electron chi connectivity index (χ4n) is 1.79. The van der Waals surface area contributed by atoms with Crippen LogP contribution in [0.3, 0.4) is 0 Å². The maximum atomic E-state index is 12.8. The first kappa shape index (κ1) is 13.0. The Morgan fingerprint density at radius 1 is 1.28 bits per heavy atom. The lowest BCUT2D eigenvalue weighted by Gasteiger charge is -2.15. The molecule has 0 radical (unpaired) electrons. The number of nitrogens with zero attached hydrogens (tertiary/aromatic N) is 1. The minimum absolute atomic E-state index is 0.0271. The number of nitrogens with one attached hydrogen (secondary N) is 1. The van der Waals surface area contributed by atoms with Crippen molar-refractivity contribution >= 4 is 21.6 Å². The summed E-state index contributed by atoms with van der Waals surface area (Å²) in [6.07, 6.45) is 1.24. The van der Waals surface area contributed by atoms with E-state index in [0.717, 1.165) is 15.9 Å². The van der Waals surface area contributed by atoms with Gasteiger partial charge in [0.2, 0.25) is 0 Å². The second-order valence-corrected chi connectivity index (χ2v) is 5.20. The summed E-state index contributed by atoms with van der Waals surface area (Å²) < 4.78 is 13.8. The van der Waals surface area contributed by atoms with Crippen LogP contribution in [0, 0.1) is 12.7 Å². The van der Waals surface area contributed by atoms with E-state index in [1.807, 2.05) is 26.0 Å². The summed E-state index contributed by atoms with van der Waals surface area (Å²) in [7, 11) is 0. The van der Waals surface area contributed by atoms with Crippen LogP contribution in [0.1, 0.15) is 24.2 Å². The summed E-state index contributed by atoms with van der Waals surface area (Å²) >= 11 is 3.46. The molecule has 2 nitrogen and oxygen atoms in total. The van der Waals surface area contributed by atoms with E-state index in [1.165, 1.54) is 17.8 Å². The second kappa shape index (κ2) is 5.48. The summed E-state index contributed by atoms with van der Waals surface area (Å²) in [5.74, 6) is -0.316. The third-order valence-corrected chi connectivity index (χ3v) is 3.08. The van der Waals surface area contributed by atoms with Crippen LogP contribution >= 0.6 is 15.9 Å². The van der Waals surface area contributed by atoms with Crippen molar-refractivity contribution in [1.82, 2.24) is 4.98 Å². The van der Waals surface area contributed by atoms with E-state index < -0.39 is 0 Å². The van der Waals surface area contributed by atoms with Crippen molar-refractivity contribution in [3.05, 3.63) is 58.1 Å². The predicted molar refractivity (Wildman–Crippen MR) is 75.1 cm³/mol. The number of rotatable bonds is 3. The Kier molecular flexibility index (Phi) is 3.97. The van der Waals surface area contributed by atoms with Crippen molar-refractivity contribution in [2.45, 2.75) is 19.9 Å². The number of aryl methyl sites for hydroxylation is 1. The van der Waals surface area contributed by atoms with Gasteiger partial charge in [-0.25, -0.2) is 4.39 Å². The van der Waals surface area contributed by atoms with Crippen molar-refractivity contribution in [1.29, 1.82) is 0 Å². The maximum Gasteiger partial charge on any atom is 0.141 e. The van der Waals surface area contributed by atoms with Crippen molar-refractivity contribution in [3.8, 4) is 0 Å². The van der Waals surface area contributed by atoms with E-state index in [2.05, 4.69) is 32.3 Å². The highest BCUT2D eigenvalue weighted by Crippen LogP contribution is 2.23. The highest BCUT2D eigenvalue weighted by molar-refractivity contribution is 9.10. The molecule has 1 aromatic carbocycles. The summed E-state index contributed by atoms with van der Waals surface area (Å²) in [6.45, 7) is 4.03. The zero-order valence-corrected chi connectivity index (χ0v) is 11.8. The Bertz CT molecular complexity index is 520. The monoisotopic (exact) mass is 308 g/mol. The van der Waals surface area contributed by atoms with Gasteiger partial charge in [-0.1, -0.05) is 15.9 Å². The predicted octanol–water partition coefficient (Wildman–Crippen LogP) is 4.46. The van der Waals surface area contributed by atoms with Crippen LogP contribution in [0.5, 0.6) is 0 Å². The molecule has 94 valence electrons. The molecule has 0 saturated heterocycles. The molecule has 1 heterocycles. The zero-order valence-electron chi connectivity index (χ0n) is 10.2. The van der Waals surface area contributed by atoms with Gasteiger partial charge in [-0.15, -0.1) is 0 Å². The maximum absolute atomic E-state index is 12.8. The number of anilines is 1. The van der Waals surface area contributed by atoms with E-state index in [9.17, 15) is 4.39 Å². The Balaban J connectivity index is 2.15. The SMILES string of the molecule is Cc1cc(Br)cc(NC(C)c2ccc(F)cn2)c1. The first-order chi connectivity index (χ1) is 8.54. The van der Waals surface area contributed by atoms with Crippen LogP contribution in [0.25, 0.3) is 0 Å². The molecule has 2 rings (SSSR count). The lowest BCUT2D eigenvalue weighted by Crippen LogP contribution is -2.08. The van der Waals surface area contributed by atoms with Crippen molar-refractivity contribution < 1.29 is 4.39 Å². The molecule has 0 bridgehead atoms. The molecule has 2 aromatic rings. The third-order valence-electron chi connectivity index (χ3n) is 2.62. The largest absolute Gasteiger partial charge is 0.377 e. The molecule has 0 amide bonds. The Labute approximate surface area is 114 Å². The first-order valence-electron chi connectivity index (χ1n) is 5.70. The van der Waals surface area contributed by atoms with Crippen LogP contribution < -0.4 is 5.32 Å². The first-order valence-corrected chi connectivity index (χ1v) is 6.49. The van der Waals surface area contributed by atoms with Gasteiger partial charge in [0.25, 0.3) is 0 Å². The van der Waals surface area contributed by atoms with Gasteiger partial charge in [-0.2, -0.15) is 0 Å². The number of aromatic nitrogens is 1. The molecule has 1 N–H and O–H groups in total. The normalized spacial score (nSPS) is 12.2. The summed E-state index contributed by atoms with van der Waals surface area (Å²) in [5, 5.41) is 3.34. The van der Waals surface area contributed by atoms with Gasteiger partial charge in [0.1, 0.15) is 5.82 Å². The second-order valence-electron chi connectivity index (χ2n) is 4.28. The van der Waals surface area contributed by atoms with Gasteiger partial charge in [0.15, 0.2) is 0 Å². The van der Waals surface area contributed by atoms with E-state index in [1.54, 1.807) is 6.07 Å². The van der Waals surface area contributed by atoms with Gasteiger partial charge < -0.3 is 5.32 Å². The van der Waals surface area contributed by atoms with Gasteiger partial charge in [-0.05, 0) is 49.7 Å². The summed E-state index contributed by atoms with van der Waals surface area (Å²) in [5.41, 5.74) is 3.00. The van der Waals surface area contributed by atoms with Gasteiger partial charge in [0, 0.05) is 10.2 Å². The number of benzene rings is 1. The van der Waals surface area contributed by atoms with Crippen LogP contribution in [-0.2, 0) is 0 Å². The Hall–Kier alpha value is -1.42. The summed E-state index contributed by atoms with van der Waals surface area (Å²) in [6, 6.07) is 9.26. The van der Waals surface area contributed by atoms with Crippen LogP contribution in [-0.4, -0.2) is 4.98 Å². The molecule has 4 heteroatoms. The molecular formula is C14H14BrFN2. The van der Waals surface area contributed by atoms with Gasteiger partial charge >= 0.3 is 0 Å². The number of hydrogen-bond donors (Lipinski definition) is 1. The van der Waals surface area contributed by atoms with E-state index >= 15 is 0 Å². The smallest absolute Gasteiger partial charge is 0.141 e. The molecular weight excluding hydrogens is 295 g/mol. The number of hydrogen-bond acceptors (Lipinski definition) is 2. The quantitative estimate of drug-likeness (QED) is 0.905. The minimum Gasteiger partial charge on any atom is -0.377 e. The molecule has 1 unspecified atom stereocenters. The standard InChI is InChI=1S/C14H14BrFN2/c1-9-5-11(15)7-13(6-9)18-10(2)14-4-3-12(16)8-17-14/h3-8,10,18H,1-2H3. The van der Waals surface area contributed by atoms with Crippen molar-refractivity contribution in [2.24, 2.45) is 0 Å². The van der Waals surface area contributed by atoms with Crippen molar-refractivity contribution in [2.75, 3.05) is 5.32 Å². The topological polar surface area (TPSA) is 24.9 Å². The Morgan fingerprint density at radius 3 is 2.67 bits per heavy atom. The average Bonchev–Trinajstić information content (AvgIpc) is 2.28. The van der Waals surface area contributed by atoms with Gasteiger partial charge in [0.05, 0.1) is 17.9 Å². The molecule has 0 aliphatic carbocycles. The third kappa shape index (κ3) is 3.29. The van der Waals surface area contributed by atoms with Crippen molar-refractivity contribution in [3.63, 3.8) is 0 Å².